The van der Waals surface area contributed by atoms with Crippen molar-refractivity contribution >= 4 is 16.0 Å². The summed E-state index contributed by atoms with van der Waals surface area (Å²) in [7, 11) is -0.718. The van der Waals surface area contributed by atoms with Crippen molar-refractivity contribution in [1.82, 2.24) is 4.90 Å². The van der Waals surface area contributed by atoms with E-state index >= 15 is 0 Å². The van der Waals surface area contributed by atoms with Crippen LogP contribution in [-0.2, 0) is 14.9 Å². The van der Waals surface area contributed by atoms with Gasteiger partial charge in [-0.2, -0.15) is 8.42 Å². The minimum Gasteiger partial charge on any atom is -0.338 e. The molecule has 6 nitrogen and oxygen atoms in total. The molecule has 1 amide bonds. The van der Waals surface area contributed by atoms with E-state index in [4.69, 9.17) is 10.3 Å². The molecule has 1 rings (SSSR count). The van der Waals surface area contributed by atoms with E-state index in [2.05, 4.69) is 11.8 Å². The molecule has 0 aliphatic heterocycles. The number of nitrogens with zero attached hydrogens (tertiary/aromatic N) is 1. The Morgan fingerprint density at radius 3 is 2.10 bits per heavy atom. The van der Waals surface area contributed by atoms with Crippen molar-refractivity contribution in [2.24, 2.45) is 5.73 Å². The van der Waals surface area contributed by atoms with Gasteiger partial charge in [0, 0.05) is 14.1 Å². The van der Waals surface area contributed by atoms with Crippen LogP contribution >= 0.6 is 0 Å². The largest absolute Gasteiger partial charge is 0.338 e. The van der Waals surface area contributed by atoms with E-state index in [1.165, 1.54) is 17.0 Å². The van der Waals surface area contributed by atoms with E-state index in [1.807, 2.05) is 6.92 Å². The van der Waals surface area contributed by atoms with Gasteiger partial charge in [0.2, 0.25) is 0 Å². The second-order valence-corrected chi connectivity index (χ2v) is 5.97. The molecule has 0 aromatic heterocycles. The molecular formula is C14H20N2O4S. The molecule has 0 aliphatic carbocycles. The first kappa shape index (κ1) is 19.1. The molecule has 0 heterocycles. The number of amides is 1. The predicted octanol–water partition coefficient (Wildman–Crippen LogP) is 0.667. The molecule has 0 saturated carbocycles. The maximum absolute atomic E-state index is 10.7. The molecule has 0 saturated heterocycles. The van der Waals surface area contributed by atoms with Crippen LogP contribution in [0.5, 0.6) is 0 Å². The normalized spacial score (nSPS) is 11.3. The third-order valence-electron chi connectivity index (χ3n) is 2.13. The van der Waals surface area contributed by atoms with Crippen LogP contribution in [0.4, 0.5) is 0 Å². The summed E-state index contributed by atoms with van der Waals surface area (Å²) in [5.41, 5.74) is 6.25. The van der Waals surface area contributed by atoms with Crippen LogP contribution in [0.2, 0.25) is 0 Å². The molecule has 1 atom stereocenters. The molecule has 21 heavy (non-hydrogen) atoms. The van der Waals surface area contributed by atoms with Gasteiger partial charge in [0.05, 0.1) is 10.9 Å². The molecule has 0 fully saturated rings. The summed E-state index contributed by atoms with van der Waals surface area (Å²) >= 11 is 0. The molecule has 1 aromatic carbocycles. The van der Waals surface area contributed by atoms with Crippen molar-refractivity contribution < 1.29 is 17.8 Å². The van der Waals surface area contributed by atoms with E-state index < -0.39 is 10.1 Å². The summed E-state index contributed by atoms with van der Waals surface area (Å²) in [5.74, 6) is 4.75. The Kier molecular flexibility index (Phi) is 7.66. The predicted molar refractivity (Wildman–Crippen MR) is 81.1 cm³/mol. The van der Waals surface area contributed by atoms with E-state index in [0.29, 0.717) is 0 Å². The molecule has 0 unspecified atom stereocenters. The standard InChI is InChI=1S/C7H12N2O.C7H8O3S/c1-6(8)4-5-7(10)9(2)3;1-6-2-4-7(5-3-6)11(8,9)10/h6H,8H2,1-3H3;2-5H,1H3,(H,8,9,10)/t6-;/m0./s1. The Hall–Kier alpha value is -1.88. The lowest BCUT2D eigenvalue weighted by atomic mass is 10.2. The number of hydrogen-bond donors (Lipinski definition) is 2. The Morgan fingerprint density at radius 2 is 1.76 bits per heavy atom. The number of benzene rings is 1. The average molecular weight is 312 g/mol. The minimum absolute atomic E-state index is 0.0666. The number of aryl methyl sites for hydroxylation is 1. The molecule has 0 bridgehead atoms. The molecule has 0 radical (unpaired) electrons. The Labute approximate surface area is 125 Å². The molecule has 1 aromatic rings. The van der Waals surface area contributed by atoms with Gasteiger partial charge < -0.3 is 10.6 Å². The van der Waals surface area contributed by atoms with Crippen LogP contribution in [0, 0.1) is 18.8 Å². The highest BCUT2D eigenvalue weighted by atomic mass is 32.2. The Morgan fingerprint density at radius 1 is 1.29 bits per heavy atom. The summed E-state index contributed by atoms with van der Waals surface area (Å²) in [4.78, 5) is 12.1. The van der Waals surface area contributed by atoms with Gasteiger partial charge in [-0.05, 0) is 31.9 Å². The quantitative estimate of drug-likeness (QED) is 0.586. The Bertz CT molecular complexity index is 623. The second kappa shape index (κ2) is 8.42. The molecule has 0 spiro atoms. The highest BCUT2D eigenvalue weighted by Crippen LogP contribution is 2.08. The van der Waals surface area contributed by atoms with Gasteiger partial charge in [-0.25, -0.2) is 0 Å². The minimum atomic E-state index is -4.02. The van der Waals surface area contributed by atoms with Gasteiger partial charge in [-0.1, -0.05) is 23.6 Å². The first-order chi connectivity index (χ1) is 9.54. The van der Waals surface area contributed by atoms with Crippen molar-refractivity contribution in [1.29, 1.82) is 0 Å². The van der Waals surface area contributed by atoms with Crippen molar-refractivity contribution in [2.45, 2.75) is 24.8 Å². The lowest BCUT2D eigenvalue weighted by Gasteiger charge is -2.02. The summed E-state index contributed by atoms with van der Waals surface area (Å²) in [6.45, 7) is 3.57. The fourth-order valence-corrected chi connectivity index (χ4v) is 1.48. The van der Waals surface area contributed by atoms with E-state index in [0.717, 1.165) is 5.56 Å². The fourth-order valence-electron chi connectivity index (χ4n) is 0.998. The topological polar surface area (TPSA) is 101 Å². The number of hydrogen-bond acceptors (Lipinski definition) is 4. The second-order valence-electron chi connectivity index (χ2n) is 4.55. The van der Waals surface area contributed by atoms with E-state index in [1.54, 1.807) is 33.2 Å². The lowest BCUT2D eigenvalue weighted by Crippen LogP contribution is -2.20. The highest BCUT2D eigenvalue weighted by molar-refractivity contribution is 7.85. The molecular weight excluding hydrogens is 292 g/mol. The van der Waals surface area contributed by atoms with Crippen molar-refractivity contribution in [3.63, 3.8) is 0 Å². The zero-order valence-electron chi connectivity index (χ0n) is 12.5. The number of carbonyl (C=O) groups is 1. The third kappa shape index (κ3) is 8.81. The molecule has 3 N–H and O–H groups in total. The smallest absolute Gasteiger partial charge is 0.297 e. The van der Waals surface area contributed by atoms with Gasteiger partial charge in [0.1, 0.15) is 0 Å². The van der Waals surface area contributed by atoms with Crippen LogP contribution in [-0.4, -0.2) is 43.9 Å². The summed E-state index contributed by atoms with van der Waals surface area (Å²) in [5, 5.41) is 0. The number of rotatable bonds is 1. The van der Waals surface area contributed by atoms with Gasteiger partial charge in [-0.3, -0.25) is 9.35 Å². The monoisotopic (exact) mass is 312 g/mol. The molecule has 7 heteroatoms. The van der Waals surface area contributed by atoms with E-state index in [9.17, 15) is 13.2 Å². The van der Waals surface area contributed by atoms with Crippen LogP contribution in [0.3, 0.4) is 0 Å². The summed E-state index contributed by atoms with van der Waals surface area (Å²) in [6.07, 6.45) is 0. The Balaban J connectivity index is 0.000000384. The lowest BCUT2D eigenvalue weighted by molar-refractivity contribution is -0.122. The van der Waals surface area contributed by atoms with Crippen molar-refractivity contribution in [3.8, 4) is 11.8 Å². The van der Waals surface area contributed by atoms with Crippen molar-refractivity contribution in [3.05, 3.63) is 29.8 Å². The fraction of sp³-hybridized carbons (Fsp3) is 0.357. The van der Waals surface area contributed by atoms with Crippen LogP contribution in [0.25, 0.3) is 0 Å². The first-order valence-corrected chi connectivity index (χ1v) is 7.50. The van der Waals surface area contributed by atoms with Crippen LogP contribution in [0.15, 0.2) is 29.2 Å². The highest BCUT2D eigenvalue weighted by Gasteiger charge is 2.06. The zero-order valence-corrected chi connectivity index (χ0v) is 13.3. The summed E-state index contributed by atoms with van der Waals surface area (Å²) in [6, 6.07) is 5.76. The van der Waals surface area contributed by atoms with Crippen LogP contribution in [0.1, 0.15) is 12.5 Å². The van der Waals surface area contributed by atoms with Crippen LogP contribution < -0.4 is 5.73 Å². The van der Waals surface area contributed by atoms with Gasteiger partial charge in [-0.15, -0.1) is 0 Å². The SMILES string of the molecule is C[C@H](N)C#CC(=O)N(C)C.Cc1ccc(S(=O)(=O)O)cc1. The maximum atomic E-state index is 10.7. The molecule has 0 aliphatic rings. The first-order valence-electron chi connectivity index (χ1n) is 6.06. The van der Waals surface area contributed by atoms with Gasteiger partial charge in [0.25, 0.3) is 16.0 Å². The third-order valence-corrected chi connectivity index (χ3v) is 3.00. The van der Waals surface area contributed by atoms with Gasteiger partial charge >= 0.3 is 0 Å². The zero-order chi connectivity index (χ0) is 16.6. The molecule has 116 valence electrons. The summed E-state index contributed by atoms with van der Waals surface area (Å²) < 4.78 is 29.6. The van der Waals surface area contributed by atoms with Gasteiger partial charge in [0.15, 0.2) is 0 Å². The van der Waals surface area contributed by atoms with E-state index in [-0.39, 0.29) is 16.8 Å². The van der Waals surface area contributed by atoms with Crippen molar-refractivity contribution in [2.75, 3.05) is 14.1 Å². The number of nitrogens with two attached hydrogens (primary N) is 1. The maximum Gasteiger partial charge on any atom is 0.297 e. The number of carbonyl (C=O) groups excluding carboxylic acids is 1. The average Bonchev–Trinajstić information content (AvgIpc) is 2.35.